The smallest absolute Gasteiger partial charge is 0.303 e. The summed E-state index contributed by atoms with van der Waals surface area (Å²) in [6.07, 6.45) is 12.5. The minimum Gasteiger partial charge on any atom is -0.481 e. The quantitative estimate of drug-likeness (QED) is 0.128. The Bertz CT molecular complexity index is 905. The standard InChI is InChI=1S/C33H54O6Si/c1-33(2,3)40(4,5)39-26(23-25-15-9-8-10-16-25)20-21-28-27(17-11-6-7-12-18-31(35)36)29(34)24-30(28)38-32-19-13-14-22-37-32/h6,8-11,15-16,26-30,32,34H,7,12-14,17-24H2,1-5H3,(H,35,36)/b11-6-/t26-,27+,28+,29-,30?,32?/m0/s1. The molecule has 0 radical (unpaired) electrons. The van der Waals surface area contributed by atoms with E-state index in [0.717, 1.165) is 58.0 Å². The highest BCUT2D eigenvalue weighted by Gasteiger charge is 2.44. The van der Waals surface area contributed by atoms with Crippen LogP contribution >= 0.6 is 0 Å². The first-order valence-electron chi connectivity index (χ1n) is 15.5. The van der Waals surface area contributed by atoms with Crippen molar-refractivity contribution in [2.75, 3.05) is 6.61 Å². The summed E-state index contributed by atoms with van der Waals surface area (Å²) in [5.41, 5.74) is 1.29. The Hall–Kier alpha value is -1.51. The van der Waals surface area contributed by atoms with Crippen LogP contribution in [0.2, 0.25) is 18.1 Å². The molecule has 6 atom stereocenters. The number of rotatable bonds is 15. The number of carboxylic acid groups (broad SMARTS) is 1. The number of carboxylic acids is 1. The monoisotopic (exact) mass is 574 g/mol. The first-order valence-corrected chi connectivity index (χ1v) is 18.4. The Kier molecular flexibility index (Phi) is 12.9. The van der Waals surface area contributed by atoms with Crippen molar-refractivity contribution >= 4 is 14.3 Å². The molecule has 6 nitrogen and oxygen atoms in total. The molecule has 0 amide bonds. The van der Waals surface area contributed by atoms with E-state index < -0.39 is 20.4 Å². The van der Waals surface area contributed by atoms with Crippen molar-refractivity contribution in [1.82, 2.24) is 0 Å². The second-order valence-electron chi connectivity index (χ2n) is 13.4. The molecule has 3 rings (SSSR count). The largest absolute Gasteiger partial charge is 0.481 e. The predicted octanol–water partition coefficient (Wildman–Crippen LogP) is 7.51. The topological polar surface area (TPSA) is 85.2 Å². The van der Waals surface area contributed by atoms with Crippen molar-refractivity contribution in [2.45, 2.75) is 134 Å². The molecule has 0 aromatic heterocycles. The van der Waals surface area contributed by atoms with Crippen LogP contribution in [0.4, 0.5) is 0 Å². The van der Waals surface area contributed by atoms with Gasteiger partial charge < -0.3 is 24.1 Å². The number of ether oxygens (including phenoxy) is 2. The molecule has 2 unspecified atom stereocenters. The zero-order valence-corrected chi connectivity index (χ0v) is 26.5. The number of hydrogen-bond acceptors (Lipinski definition) is 5. The third kappa shape index (κ3) is 10.4. The number of unbranched alkanes of at least 4 members (excludes halogenated alkanes) is 1. The molecule has 40 heavy (non-hydrogen) atoms. The molecule has 2 N–H and O–H groups in total. The summed E-state index contributed by atoms with van der Waals surface area (Å²) in [7, 11) is -1.98. The van der Waals surface area contributed by atoms with E-state index >= 15 is 0 Å². The van der Waals surface area contributed by atoms with Gasteiger partial charge in [0.25, 0.3) is 0 Å². The molecule has 0 bridgehead atoms. The van der Waals surface area contributed by atoms with Crippen molar-refractivity contribution in [3.63, 3.8) is 0 Å². The molecule has 1 aliphatic heterocycles. The average Bonchev–Trinajstić information content (AvgIpc) is 3.18. The molecule has 1 aromatic carbocycles. The number of aliphatic hydroxyl groups excluding tert-OH is 1. The predicted molar refractivity (Wildman–Crippen MR) is 163 cm³/mol. The van der Waals surface area contributed by atoms with Crippen LogP contribution in [-0.4, -0.2) is 55.7 Å². The number of hydrogen-bond donors (Lipinski definition) is 2. The van der Waals surface area contributed by atoms with Gasteiger partial charge in [-0.25, -0.2) is 0 Å². The summed E-state index contributed by atoms with van der Waals surface area (Å²) in [6, 6.07) is 10.6. The van der Waals surface area contributed by atoms with Gasteiger partial charge in [-0.15, -0.1) is 0 Å². The second kappa shape index (κ2) is 15.6. The van der Waals surface area contributed by atoms with Gasteiger partial charge in [0.2, 0.25) is 0 Å². The lowest BCUT2D eigenvalue weighted by molar-refractivity contribution is -0.196. The van der Waals surface area contributed by atoms with Gasteiger partial charge in [0.15, 0.2) is 14.6 Å². The summed E-state index contributed by atoms with van der Waals surface area (Å²) in [5.74, 6) is -0.436. The molecule has 2 fully saturated rings. The highest BCUT2D eigenvalue weighted by atomic mass is 28.4. The fourth-order valence-corrected chi connectivity index (χ4v) is 7.23. The Balaban J connectivity index is 1.73. The van der Waals surface area contributed by atoms with Crippen LogP contribution in [0.3, 0.4) is 0 Å². The van der Waals surface area contributed by atoms with Crippen molar-refractivity contribution in [2.24, 2.45) is 11.8 Å². The van der Waals surface area contributed by atoms with Gasteiger partial charge in [0.1, 0.15) is 0 Å². The van der Waals surface area contributed by atoms with Crippen LogP contribution in [0.5, 0.6) is 0 Å². The number of carbonyl (C=O) groups is 1. The number of aliphatic carboxylic acids is 1. The van der Waals surface area contributed by atoms with Gasteiger partial charge >= 0.3 is 5.97 Å². The third-order valence-electron chi connectivity index (χ3n) is 9.19. The van der Waals surface area contributed by atoms with Crippen LogP contribution < -0.4 is 0 Å². The lowest BCUT2D eigenvalue weighted by Gasteiger charge is -2.40. The number of benzene rings is 1. The fourth-order valence-electron chi connectivity index (χ4n) is 5.84. The van der Waals surface area contributed by atoms with Crippen LogP contribution in [0.1, 0.15) is 90.5 Å². The Morgan fingerprint density at radius 2 is 1.90 bits per heavy atom. The Morgan fingerprint density at radius 1 is 1.15 bits per heavy atom. The molecule has 1 saturated heterocycles. The van der Waals surface area contributed by atoms with Crippen LogP contribution in [0, 0.1) is 11.8 Å². The van der Waals surface area contributed by atoms with E-state index in [-0.39, 0.29) is 41.8 Å². The van der Waals surface area contributed by atoms with Gasteiger partial charge in [-0.3, -0.25) is 4.79 Å². The van der Waals surface area contributed by atoms with Crippen molar-refractivity contribution in [3.8, 4) is 0 Å². The summed E-state index contributed by atoms with van der Waals surface area (Å²) in [4.78, 5) is 10.8. The van der Waals surface area contributed by atoms with Crippen molar-refractivity contribution in [1.29, 1.82) is 0 Å². The number of aliphatic hydroxyl groups is 1. The maximum Gasteiger partial charge on any atom is 0.303 e. The molecule has 1 heterocycles. The van der Waals surface area contributed by atoms with Gasteiger partial charge in [-0.05, 0) is 93.3 Å². The molecule has 1 saturated carbocycles. The van der Waals surface area contributed by atoms with Gasteiger partial charge in [-0.1, -0.05) is 63.3 Å². The summed E-state index contributed by atoms with van der Waals surface area (Å²) >= 11 is 0. The first kappa shape index (κ1) is 33.0. The lowest BCUT2D eigenvalue weighted by atomic mass is 9.85. The van der Waals surface area contributed by atoms with Crippen LogP contribution in [-0.2, 0) is 25.1 Å². The number of allylic oxidation sites excluding steroid dienone is 2. The minimum atomic E-state index is -1.98. The van der Waals surface area contributed by atoms with Crippen molar-refractivity contribution in [3.05, 3.63) is 48.0 Å². The van der Waals surface area contributed by atoms with E-state index in [9.17, 15) is 9.90 Å². The molecule has 1 aromatic rings. The maximum atomic E-state index is 11.2. The molecule has 226 valence electrons. The first-order chi connectivity index (χ1) is 19.0. The van der Waals surface area contributed by atoms with Gasteiger partial charge in [0.05, 0.1) is 12.2 Å². The van der Waals surface area contributed by atoms with Crippen LogP contribution in [0.25, 0.3) is 0 Å². The third-order valence-corrected chi connectivity index (χ3v) is 13.7. The Morgan fingerprint density at radius 3 is 2.55 bits per heavy atom. The summed E-state index contributed by atoms with van der Waals surface area (Å²) < 4.78 is 19.5. The lowest BCUT2D eigenvalue weighted by Crippen LogP contribution is -2.44. The normalized spacial score (nSPS) is 26.8. The van der Waals surface area contributed by atoms with E-state index in [0.29, 0.717) is 12.8 Å². The summed E-state index contributed by atoms with van der Waals surface area (Å²) in [5, 5.41) is 20.2. The highest BCUT2D eigenvalue weighted by molar-refractivity contribution is 6.74. The average molecular weight is 575 g/mol. The van der Waals surface area contributed by atoms with Gasteiger partial charge in [0, 0.05) is 25.6 Å². The van der Waals surface area contributed by atoms with Gasteiger partial charge in [-0.2, -0.15) is 0 Å². The SMILES string of the molecule is CC(C)(C)[Si](C)(C)O[C@@H](CC[C@H]1C(OC2CCCCO2)C[C@H](O)[C@@H]1C/C=C\CCCC(=O)O)Cc1ccccc1. The minimum absolute atomic E-state index is 0.0336. The van der Waals surface area contributed by atoms with E-state index in [1.807, 2.05) is 0 Å². The van der Waals surface area contributed by atoms with Crippen LogP contribution in [0.15, 0.2) is 42.5 Å². The molecule has 1 aliphatic carbocycles. The van der Waals surface area contributed by atoms with E-state index in [1.54, 1.807) is 0 Å². The van der Waals surface area contributed by atoms with E-state index in [4.69, 9.17) is 19.0 Å². The highest BCUT2D eigenvalue weighted by Crippen LogP contribution is 2.43. The van der Waals surface area contributed by atoms with E-state index in [2.05, 4.69) is 76.3 Å². The maximum absolute atomic E-state index is 11.2. The molecule has 2 aliphatic rings. The van der Waals surface area contributed by atoms with Crippen molar-refractivity contribution < 1.29 is 28.9 Å². The Labute approximate surface area is 243 Å². The zero-order chi connectivity index (χ0) is 29.2. The fraction of sp³-hybridized carbons (Fsp3) is 0.727. The summed E-state index contributed by atoms with van der Waals surface area (Å²) in [6.45, 7) is 12.3. The molecular formula is C33H54O6Si. The molecule has 7 heteroatoms. The molecular weight excluding hydrogens is 520 g/mol. The van der Waals surface area contributed by atoms with E-state index in [1.165, 1.54) is 5.56 Å². The zero-order valence-electron chi connectivity index (χ0n) is 25.5. The molecule has 0 spiro atoms. The second-order valence-corrected chi connectivity index (χ2v) is 18.1.